The van der Waals surface area contributed by atoms with Gasteiger partial charge in [0.2, 0.25) is 0 Å². The molecular formula is C16H10N2OS2. The minimum absolute atomic E-state index is 0.767. The van der Waals surface area contributed by atoms with Crippen molar-refractivity contribution >= 4 is 37.5 Å². The number of aromatic nitrogens is 1. The normalized spacial score (nSPS) is 12.1. The number of fused-ring (bicyclic) bond motifs is 1. The predicted molar refractivity (Wildman–Crippen MR) is 86.9 cm³/mol. The molecule has 0 aliphatic rings. The minimum atomic E-state index is 0.767. The third-order valence-electron chi connectivity index (χ3n) is 3.09. The van der Waals surface area contributed by atoms with Gasteiger partial charge in [-0.25, -0.2) is 4.99 Å². The van der Waals surface area contributed by atoms with Crippen LogP contribution in [0.2, 0.25) is 0 Å². The lowest BCUT2D eigenvalue weighted by molar-refractivity contribution is 0.629. The van der Waals surface area contributed by atoms with Crippen LogP contribution in [0.5, 0.6) is 0 Å². The van der Waals surface area contributed by atoms with Crippen LogP contribution in [-0.2, 0) is 0 Å². The molecule has 0 saturated carbocycles. The number of furan rings is 1. The third kappa shape index (κ3) is 2.41. The summed E-state index contributed by atoms with van der Waals surface area (Å²) in [7, 11) is 2.98. The van der Waals surface area contributed by atoms with Crippen molar-refractivity contribution in [2.24, 2.45) is 4.99 Å². The Morgan fingerprint density at radius 2 is 1.76 bits per heavy atom. The number of benzene rings is 2. The molecule has 0 aliphatic heterocycles. The number of para-hydroxylation sites is 2. The van der Waals surface area contributed by atoms with Crippen LogP contribution < -0.4 is 4.67 Å². The third-order valence-corrected chi connectivity index (χ3v) is 4.79. The van der Waals surface area contributed by atoms with Gasteiger partial charge in [-0.05, 0) is 34.6 Å². The number of hydrogen-bond donors (Lipinski definition) is 0. The Morgan fingerprint density at radius 1 is 0.952 bits per heavy atom. The fourth-order valence-electron chi connectivity index (χ4n) is 2.11. The molecule has 2 heterocycles. The van der Waals surface area contributed by atoms with E-state index < -0.39 is 0 Å². The lowest BCUT2D eigenvalue weighted by Gasteiger charge is -1.91. The summed E-state index contributed by atoms with van der Waals surface area (Å²) in [4.78, 5) is 4.65. The zero-order valence-corrected chi connectivity index (χ0v) is 12.5. The molecule has 0 amide bonds. The van der Waals surface area contributed by atoms with Gasteiger partial charge in [0, 0.05) is 15.9 Å². The minimum Gasteiger partial charge on any atom is -0.454 e. The van der Waals surface area contributed by atoms with Gasteiger partial charge in [-0.2, -0.15) is 4.37 Å². The standard InChI is InChI=1S/C16H10N2OS2/c1-2-7-12(8-3-1)17-16-15(18-21-20-16)14-10-11-6-4-5-9-13(11)19-14/h1-10H. The van der Waals surface area contributed by atoms with E-state index in [4.69, 9.17) is 4.42 Å². The van der Waals surface area contributed by atoms with Crippen LogP contribution in [0, 0.1) is 0 Å². The molecule has 4 rings (SSSR count). The molecule has 0 unspecified atom stereocenters. The molecule has 21 heavy (non-hydrogen) atoms. The van der Waals surface area contributed by atoms with Gasteiger partial charge < -0.3 is 4.42 Å². The van der Waals surface area contributed by atoms with Crippen LogP contribution >= 0.6 is 20.9 Å². The highest BCUT2D eigenvalue weighted by Crippen LogP contribution is 2.26. The Labute approximate surface area is 128 Å². The molecule has 0 aliphatic carbocycles. The molecule has 0 spiro atoms. The maximum Gasteiger partial charge on any atom is 0.158 e. The van der Waals surface area contributed by atoms with E-state index >= 15 is 0 Å². The smallest absolute Gasteiger partial charge is 0.158 e. The summed E-state index contributed by atoms with van der Waals surface area (Å²) in [6.45, 7) is 0. The Kier molecular flexibility index (Phi) is 3.14. The molecule has 0 fully saturated rings. The Hall–Kier alpha value is -2.24. The second kappa shape index (κ2) is 5.27. The molecule has 2 aromatic carbocycles. The SMILES string of the molecule is c1ccc(N=c2ssnc2-c2cc3ccccc3o2)cc1. The number of hydrogen-bond acceptors (Lipinski definition) is 5. The lowest BCUT2D eigenvalue weighted by atomic mass is 10.2. The zero-order chi connectivity index (χ0) is 14.1. The molecule has 4 aromatic rings. The van der Waals surface area contributed by atoms with Crippen molar-refractivity contribution in [2.75, 3.05) is 0 Å². The van der Waals surface area contributed by atoms with Crippen LogP contribution in [0.15, 0.2) is 70.1 Å². The first-order valence-electron chi connectivity index (χ1n) is 6.45. The Morgan fingerprint density at radius 3 is 2.62 bits per heavy atom. The molecule has 5 heteroatoms. The van der Waals surface area contributed by atoms with Gasteiger partial charge in [-0.1, -0.05) is 36.4 Å². The fraction of sp³-hybridized carbons (Fsp3) is 0. The van der Waals surface area contributed by atoms with Crippen molar-refractivity contribution in [3.05, 3.63) is 65.3 Å². The Balaban J connectivity index is 1.87. The summed E-state index contributed by atoms with van der Waals surface area (Å²) in [5.41, 5.74) is 2.60. The highest BCUT2D eigenvalue weighted by molar-refractivity contribution is 7.66. The van der Waals surface area contributed by atoms with Crippen LogP contribution in [-0.4, -0.2) is 4.37 Å². The molecule has 0 radical (unpaired) electrons. The highest BCUT2D eigenvalue weighted by atomic mass is 32.9. The zero-order valence-electron chi connectivity index (χ0n) is 10.9. The summed E-state index contributed by atoms with van der Waals surface area (Å²) >= 11 is 0. The van der Waals surface area contributed by atoms with Crippen molar-refractivity contribution in [1.29, 1.82) is 0 Å². The maximum atomic E-state index is 5.88. The summed E-state index contributed by atoms with van der Waals surface area (Å²) in [5.74, 6) is 0.767. The second-order valence-corrected chi connectivity index (χ2v) is 6.33. The van der Waals surface area contributed by atoms with Crippen molar-refractivity contribution in [3.63, 3.8) is 0 Å². The summed E-state index contributed by atoms with van der Waals surface area (Å²) < 4.78 is 11.2. The second-order valence-electron chi connectivity index (χ2n) is 4.50. The predicted octanol–water partition coefficient (Wildman–Crippen LogP) is 4.85. The molecule has 2 aromatic heterocycles. The van der Waals surface area contributed by atoms with Crippen LogP contribution in [0.4, 0.5) is 5.69 Å². The topological polar surface area (TPSA) is 38.4 Å². The molecule has 102 valence electrons. The van der Waals surface area contributed by atoms with Gasteiger partial charge in [0.05, 0.1) is 5.69 Å². The van der Waals surface area contributed by atoms with Gasteiger partial charge in [0.25, 0.3) is 0 Å². The van der Waals surface area contributed by atoms with Gasteiger partial charge in [-0.15, -0.1) is 0 Å². The van der Waals surface area contributed by atoms with Gasteiger partial charge in [0.15, 0.2) is 16.1 Å². The fourth-order valence-corrected chi connectivity index (χ4v) is 3.79. The van der Waals surface area contributed by atoms with Crippen molar-refractivity contribution in [1.82, 2.24) is 4.37 Å². The summed E-state index contributed by atoms with van der Waals surface area (Å²) in [6, 6.07) is 19.9. The molecule has 0 bridgehead atoms. The largest absolute Gasteiger partial charge is 0.454 e. The van der Waals surface area contributed by atoms with Crippen LogP contribution in [0.25, 0.3) is 22.4 Å². The quantitative estimate of drug-likeness (QED) is 0.496. The summed E-state index contributed by atoms with van der Waals surface area (Å²) in [6.07, 6.45) is 0. The average molecular weight is 310 g/mol. The lowest BCUT2D eigenvalue weighted by Crippen LogP contribution is -1.97. The molecule has 0 atom stereocenters. The van der Waals surface area contributed by atoms with E-state index in [0.717, 1.165) is 32.8 Å². The first-order chi connectivity index (χ1) is 10.4. The summed E-state index contributed by atoms with van der Waals surface area (Å²) in [5, 5.41) is 1.08. The van der Waals surface area contributed by atoms with Crippen molar-refractivity contribution in [2.45, 2.75) is 0 Å². The van der Waals surface area contributed by atoms with E-state index in [9.17, 15) is 0 Å². The van der Waals surface area contributed by atoms with Crippen molar-refractivity contribution < 1.29 is 4.42 Å². The van der Waals surface area contributed by atoms with E-state index in [1.54, 1.807) is 10.3 Å². The van der Waals surface area contributed by atoms with E-state index in [1.807, 2.05) is 60.7 Å². The van der Waals surface area contributed by atoms with E-state index in [-0.39, 0.29) is 0 Å². The number of rotatable bonds is 2. The van der Waals surface area contributed by atoms with Gasteiger partial charge in [-0.3, -0.25) is 0 Å². The van der Waals surface area contributed by atoms with Crippen LogP contribution in [0.1, 0.15) is 0 Å². The first kappa shape index (κ1) is 12.5. The number of nitrogens with zero attached hydrogens (tertiary/aromatic N) is 2. The van der Waals surface area contributed by atoms with E-state index in [2.05, 4.69) is 9.37 Å². The molecule has 0 N–H and O–H groups in total. The van der Waals surface area contributed by atoms with Crippen LogP contribution in [0.3, 0.4) is 0 Å². The maximum absolute atomic E-state index is 5.88. The van der Waals surface area contributed by atoms with E-state index in [1.165, 1.54) is 10.5 Å². The van der Waals surface area contributed by atoms with Crippen molar-refractivity contribution in [3.8, 4) is 11.5 Å². The monoisotopic (exact) mass is 310 g/mol. The highest BCUT2D eigenvalue weighted by Gasteiger charge is 2.11. The average Bonchev–Trinajstić information content (AvgIpc) is 3.14. The van der Waals surface area contributed by atoms with Gasteiger partial charge >= 0.3 is 0 Å². The van der Waals surface area contributed by atoms with Gasteiger partial charge in [0.1, 0.15) is 5.58 Å². The molecule has 0 saturated heterocycles. The Bertz CT molecular complexity index is 918. The molecule has 3 nitrogen and oxygen atoms in total. The molecular weight excluding hydrogens is 300 g/mol. The first-order valence-corrected chi connectivity index (χ1v) is 8.55. The van der Waals surface area contributed by atoms with E-state index in [0.29, 0.717) is 0 Å².